The molecule has 4 nitrogen and oxygen atoms in total. The fourth-order valence-corrected chi connectivity index (χ4v) is 2.20. The van der Waals surface area contributed by atoms with E-state index in [4.69, 9.17) is 10.5 Å². The van der Waals surface area contributed by atoms with Crippen LogP contribution in [0.15, 0.2) is 18.2 Å². The van der Waals surface area contributed by atoms with Crippen molar-refractivity contribution in [3.63, 3.8) is 0 Å². The maximum atomic E-state index is 5.65. The van der Waals surface area contributed by atoms with E-state index in [2.05, 4.69) is 30.1 Å². The van der Waals surface area contributed by atoms with Crippen molar-refractivity contribution in [1.82, 2.24) is 0 Å². The van der Waals surface area contributed by atoms with Gasteiger partial charge in [0.05, 0.1) is 18.5 Å². The van der Waals surface area contributed by atoms with E-state index in [1.54, 1.807) is 7.11 Å². The third kappa shape index (κ3) is 1.69. The average molecular weight is 221 g/mol. The lowest BCUT2D eigenvalue weighted by atomic mass is 10.2. The fourth-order valence-electron chi connectivity index (χ4n) is 2.20. The van der Waals surface area contributed by atoms with Crippen LogP contribution in [0.5, 0.6) is 5.75 Å². The highest BCUT2D eigenvalue weighted by Gasteiger charge is 2.34. The maximum Gasteiger partial charge on any atom is 0.121 e. The highest BCUT2D eigenvalue weighted by molar-refractivity contribution is 5.78. The van der Waals surface area contributed by atoms with Crippen molar-refractivity contribution >= 4 is 11.4 Å². The van der Waals surface area contributed by atoms with E-state index in [1.165, 1.54) is 5.69 Å². The lowest BCUT2D eigenvalue weighted by Crippen LogP contribution is -2.47. The van der Waals surface area contributed by atoms with Crippen LogP contribution in [0.3, 0.4) is 0 Å². The molecule has 1 aliphatic heterocycles. The molecular formula is C12H19N3O. The number of methoxy groups -OCH3 is 1. The number of nitrogens with two attached hydrogens (primary N) is 1. The van der Waals surface area contributed by atoms with Crippen LogP contribution in [0.4, 0.5) is 11.4 Å². The monoisotopic (exact) mass is 221 g/mol. The Hall–Kier alpha value is -1.42. The summed E-state index contributed by atoms with van der Waals surface area (Å²) in [4.78, 5) is 2.28. The summed E-state index contributed by atoms with van der Waals surface area (Å²) in [6.07, 6.45) is 0. The topological polar surface area (TPSA) is 50.5 Å². The van der Waals surface area contributed by atoms with Gasteiger partial charge in [0, 0.05) is 19.2 Å². The molecule has 0 aromatic heterocycles. The number of hydrogen-bond acceptors (Lipinski definition) is 4. The first-order valence-corrected chi connectivity index (χ1v) is 5.52. The number of anilines is 2. The quantitative estimate of drug-likeness (QED) is 0.814. The van der Waals surface area contributed by atoms with E-state index in [1.807, 2.05) is 12.1 Å². The smallest absolute Gasteiger partial charge is 0.121 e. The molecule has 0 saturated heterocycles. The number of nitrogens with zero attached hydrogens (tertiary/aromatic N) is 1. The van der Waals surface area contributed by atoms with E-state index in [-0.39, 0.29) is 5.66 Å². The third-order valence-electron chi connectivity index (χ3n) is 2.96. The van der Waals surface area contributed by atoms with Gasteiger partial charge in [-0.25, -0.2) is 0 Å². The minimum absolute atomic E-state index is 0.0892. The molecule has 0 fully saturated rings. The summed E-state index contributed by atoms with van der Waals surface area (Å²) < 4.78 is 5.22. The Kier molecular flexibility index (Phi) is 2.68. The van der Waals surface area contributed by atoms with Crippen LogP contribution in [0, 0.1) is 0 Å². The number of ether oxygens (including phenoxy) is 1. The van der Waals surface area contributed by atoms with Gasteiger partial charge in [-0.2, -0.15) is 0 Å². The number of rotatable bonds is 3. The molecule has 1 aromatic carbocycles. The van der Waals surface area contributed by atoms with E-state index < -0.39 is 0 Å². The summed E-state index contributed by atoms with van der Waals surface area (Å²) in [5.74, 6) is 0.872. The van der Waals surface area contributed by atoms with Crippen molar-refractivity contribution in [3.8, 4) is 5.75 Å². The van der Waals surface area contributed by atoms with Crippen LogP contribution >= 0.6 is 0 Å². The van der Waals surface area contributed by atoms with Gasteiger partial charge in [0.25, 0.3) is 0 Å². The summed E-state index contributed by atoms with van der Waals surface area (Å²) in [7, 11) is 1.68. The van der Waals surface area contributed by atoms with E-state index in [9.17, 15) is 0 Å². The van der Waals surface area contributed by atoms with Crippen LogP contribution in [0.25, 0.3) is 0 Å². The Labute approximate surface area is 96.4 Å². The number of fused-ring (bicyclic) bond motifs is 1. The summed E-state index contributed by atoms with van der Waals surface area (Å²) in [6.45, 7) is 5.79. The second-order valence-corrected chi connectivity index (χ2v) is 4.51. The SMILES string of the molecule is COc1ccc2c(c1)NC(C)(C)N2CCN. The molecular weight excluding hydrogens is 202 g/mol. The zero-order valence-electron chi connectivity index (χ0n) is 10.1. The Morgan fingerprint density at radius 1 is 1.44 bits per heavy atom. The van der Waals surface area contributed by atoms with Crippen molar-refractivity contribution in [2.45, 2.75) is 19.5 Å². The number of nitrogens with one attached hydrogen (secondary N) is 1. The fraction of sp³-hybridized carbons (Fsp3) is 0.500. The molecule has 16 heavy (non-hydrogen) atoms. The zero-order valence-corrected chi connectivity index (χ0v) is 10.1. The molecule has 0 saturated carbocycles. The first kappa shape index (κ1) is 11.1. The summed E-state index contributed by atoms with van der Waals surface area (Å²) in [6, 6.07) is 6.07. The zero-order chi connectivity index (χ0) is 11.8. The van der Waals surface area contributed by atoms with Crippen molar-refractivity contribution in [2.24, 2.45) is 5.73 Å². The molecule has 1 aliphatic rings. The lowest BCUT2D eigenvalue weighted by molar-refractivity contribution is 0.415. The van der Waals surface area contributed by atoms with Crippen LogP contribution in [0.2, 0.25) is 0 Å². The highest BCUT2D eigenvalue weighted by Crippen LogP contribution is 2.41. The van der Waals surface area contributed by atoms with Gasteiger partial charge in [-0.05, 0) is 26.0 Å². The van der Waals surface area contributed by atoms with Gasteiger partial charge in [-0.1, -0.05) is 0 Å². The lowest BCUT2D eigenvalue weighted by Gasteiger charge is -2.33. The molecule has 0 atom stereocenters. The Morgan fingerprint density at radius 3 is 2.81 bits per heavy atom. The molecule has 0 aliphatic carbocycles. The van der Waals surface area contributed by atoms with Crippen molar-refractivity contribution in [3.05, 3.63) is 18.2 Å². The Morgan fingerprint density at radius 2 is 2.19 bits per heavy atom. The van der Waals surface area contributed by atoms with Crippen LogP contribution in [-0.4, -0.2) is 25.9 Å². The molecule has 0 radical (unpaired) electrons. The van der Waals surface area contributed by atoms with Crippen molar-refractivity contribution in [2.75, 3.05) is 30.4 Å². The van der Waals surface area contributed by atoms with Gasteiger partial charge in [-0.3, -0.25) is 0 Å². The molecule has 0 bridgehead atoms. The normalized spacial score (nSPS) is 16.9. The van der Waals surface area contributed by atoms with Gasteiger partial charge < -0.3 is 20.7 Å². The van der Waals surface area contributed by atoms with Gasteiger partial charge in [-0.15, -0.1) is 0 Å². The molecule has 0 spiro atoms. The van der Waals surface area contributed by atoms with Gasteiger partial charge >= 0.3 is 0 Å². The number of hydrogen-bond donors (Lipinski definition) is 2. The molecule has 3 N–H and O–H groups in total. The molecule has 4 heteroatoms. The number of benzene rings is 1. The van der Waals surface area contributed by atoms with E-state index in [0.717, 1.165) is 18.0 Å². The minimum atomic E-state index is -0.0892. The average Bonchev–Trinajstić information content (AvgIpc) is 2.49. The maximum absolute atomic E-state index is 5.65. The molecule has 2 rings (SSSR count). The second kappa shape index (κ2) is 3.87. The largest absolute Gasteiger partial charge is 0.497 e. The highest BCUT2D eigenvalue weighted by atomic mass is 16.5. The Balaban J connectivity index is 2.37. The standard InChI is InChI=1S/C12H19N3O/c1-12(2)14-10-8-9(16-3)4-5-11(10)15(12)7-6-13/h4-5,8,14H,6-7,13H2,1-3H3. The van der Waals surface area contributed by atoms with Crippen molar-refractivity contribution < 1.29 is 4.74 Å². The predicted molar refractivity (Wildman–Crippen MR) is 67.1 cm³/mol. The van der Waals surface area contributed by atoms with E-state index in [0.29, 0.717) is 6.54 Å². The molecule has 0 amide bonds. The van der Waals surface area contributed by atoms with Crippen LogP contribution in [0.1, 0.15) is 13.8 Å². The van der Waals surface area contributed by atoms with Gasteiger partial charge in [0.15, 0.2) is 0 Å². The molecule has 1 aromatic rings. The van der Waals surface area contributed by atoms with Crippen LogP contribution < -0.4 is 20.7 Å². The second-order valence-electron chi connectivity index (χ2n) is 4.51. The van der Waals surface area contributed by atoms with Gasteiger partial charge in [0.2, 0.25) is 0 Å². The van der Waals surface area contributed by atoms with Crippen LogP contribution in [-0.2, 0) is 0 Å². The summed E-state index contributed by atoms with van der Waals surface area (Å²) in [5.41, 5.74) is 7.86. The molecule has 1 heterocycles. The van der Waals surface area contributed by atoms with Crippen molar-refractivity contribution in [1.29, 1.82) is 0 Å². The summed E-state index contributed by atoms with van der Waals surface area (Å²) >= 11 is 0. The third-order valence-corrected chi connectivity index (χ3v) is 2.96. The Bertz CT molecular complexity index is 390. The predicted octanol–water partition coefficient (Wildman–Crippen LogP) is 1.62. The van der Waals surface area contributed by atoms with E-state index >= 15 is 0 Å². The van der Waals surface area contributed by atoms with Gasteiger partial charge in [0.1, 0.15) is 11.4 Å². The molecule has 0 unspecified atom stereocenters. The first-order valence-electron chi connectivity index (χ1n) is 5.52. The first-order chi connectivity index (χ1) is 7.58. The minimum Gasteiger partial charge on any atom is -0.497 e. The molecule has 88 valence electrons. The summed E-state index contributed by atoms with van der Waals surface area (Å²) in [5, 5.41) is 3.47.